The largest absolute Gasteiger partial charge is 0.464 e. The quantitative estimate of drug-likeness (QED) is 0.538. The molecule has 1 aromatic carbocycles. The second-order valence-electron chi connectivity index (χ2n) is 5.86. The SMILES string of the molecule is COC(=O)c1nnn(CCn2c(C)nn(-c3ccc(Cl)cc3)c2=O)c1C(=O)OC. The Morgan fingerprint density at radius 2 is 1.72 bits per heavy atom. The first-order chi connectivity index (χ1) is 13.9. The van der Waals surface area contributed by atoms with Gasteiger partial charge in [0.25, 0.3) is 0 Å². The van der Waals surface area contributed by atoms with Gasteiger partial charge in [-0.15, -0.1) is 5.10 Å². The van der Waals surface area contributed by atoms with Crippen molar-refractivity contribution < 1.29 is 19.1 Å². The summed E-state index contributed by atoms with van der Waals surface area (Å²) >= 11 is 5.88. The summed E-state index contributed by atoms with van der Waals surface area (Å²) in [6, 6.07) is 6.67. The molecule has 3 rings (SSSR count). The lowest BCUT2D eigenvalue weighted by molar-refractivity contribution is 0.0543. The zero-order valence-corrected chi connectivity index (χ0v) is 16.6. The van der Waals surface area contributed by atoms with E-state index in [4.69, 9.17) is 16.3 Å². The molecule has 11 nitrogen and oxygen atoms in total. The van der Waals surface area contributed by atoms with Crippen LogP contribution in [0.15, 0.2) is 29.1 Å². The van der Waals surface area contributed by atoms with Gasteiger partial charge in [0.05, 0.1) is 26.5 Å². The van der Waals surface area contributed by atoms with Crippen LogP contribution in [0.1, 0.15) is 26.8 Å². The van der Waals surface area contributed by atoms with E-state index in [0.717, 1.165) is 7.11 Å². The predicted molar refractivity (Wildman–Crippen MR) is 100 cm³/mol. The highest BCUT2D eigenvalue weighted by Crippen LogP contribution is 2.12. The molecule has 0 aliphatic rings. The number of aromatic nitrogens is 6. The minimum absolute atomic E-state index is 0.0709. The molecule has 0 saturated heterocycles. The van der Waals surface area contributed by atoms with Crippen LogP contribution in [0.4, 0.5) is 0 Å². The molecule has 2 aromatic heterocycles. The number of esters is 2. The maximum atomic E-state index is 12.8. The number of methoxy groups -OCH3 is 2. The number of hydrogen-bond donors (Lipinski definition) is 0. The maximum Gasteiger partial charge on any atom is 0.361 e. The maximum absolute atomic E-state index is 12.8. The first kappa shape index (κ1) is 20.3. The predicted octanol–water partition coefficient (Wildman–Crippen LogP) is 0.861. The van der Waals surface area contributed by atoms with Crippen molar-refractivity contribution in [2.45, 2.75) is 20.0 Å². The first-order valence-corrected chi connectivity index (χ1v) is 8.77. The van der Waals surface area contributed by atoms with Crippen LogP contribution in [0.25, 0.3) is 5.69 Å². The van der Waals surface area contributed by atoms with Gasteiger partial charge >= 0.3 is 17.6 Å². The van der Waals surface area contributed by atoms with Gasteiger partial charge in [-0.05, 0) is 31.2 Å². The Hall–Kier alpha value is -3.47. The monoisotopic (exact) mass is 420 g/mol. The van der Waals surface area contributed by atoms with Crippen LogP contribution in [0.5, 0.6) is 0 Å². The molecule has 152 valence electrons. The average molecular weight is 421 g/mol. The third-order valence-corrected chi connectivity index (χ3v) is 4.40. The number of halogens is 1. The Bertz CT molecular complexity index is 1110. The Kier molecular flexibility index (Phi) is 5.78. The van der Waals surface area contributed by atoms with E-state index in [1.807, 2.05) is 0 Å². The fraction of sp³-hybridized carbons (Fsp3) is 0.294. The summed E-state index contributed by atoms with van der Waals surface area (Å²) in [5, 5.41) is 12.3. The van der Waals surface area contributed by atoms with Crippen LogP contribution in [-0.4, -0.2) is 55.5 Å². The van der Waals surface area contributed by atoms with Crippen LogP contribution < -0.4 is 5.69 Å². The fourth-order valence-corrected chi connectivity index (χ4v) is 2.83. The van der Waals surface area contributed by atoms with Crippen LogP contribution in [0.3, 0.4) is 0 Å². The van der Waals surface area contributed by atoms with Gasteiger partial charge in [0.1, 0.15) is 5.82 Å². The molecule has 12 heteroatoms. The number of nitrogens with zero attached hydrogens (tertiary/aromatic N) is 6. The van der Waals surface area contributed by atoms with E-state index in [9.17, 15) is 14.4 Å². The Labute approximate surface area is 169 Å². The van der Waals surface area contributed by atoms with E-state index in [0.29, 0.717) is 16.5 Å². The normalized spacial score (nSPS) is 10.8. The molecular formula is C17H17ClN6O5. The molecule has 0 radical (unpaired) electrons. The van der Waals surface area contributed by atoms with Crippen molar-refractivity contribution in [3.05, 3.63) is 57.0 Å². The van der Waals surface area contributed by atoms with Gasteiger partial charge in [-0.3, -0.25) is 4.57 Å². The standard InChI is InChI=1S/C17H17ClN6O5/c1-10-20-24(12-6-4-11(18)5-7-12)17(27)22(10)8-9-23-14(16(26)29-3)13(19-21-23)15(25)28-2/h4-7H,8-9H2,1-3H3. The first-order valence-electron chi connectivity index (χ1n) is 8.40. The van der Waals surface area contributed by atoms with Gasteiger partial charge < -0.3 is 9.47 Å². The molecule has 0 spiro atoms. The lowest BCUT2D eigenvalue weighted by atomic mass is 10.3. The minimum atomic E-state index is -0.819. The lowest BCUT2D eigenvalue weighted by Gasteiger charge is -2.07. The number of aryl methyl sites for hydroxylation is 2. The van der Waals surface area contributed by atoms with Gasteiger partial charge in [-0.25, -0.2) is 19.1 Å². The van der Waals surface area contributed by atoms with Gasteiger partial charge in [0, 0.05) is 11.6 Å². The zero-order chi connectivity index (χ0) is 21.1. The van der Waals surface area contributed by atoms with Crippen molar-refractivity contribution in [2.24, 2.45) is 0 Å². The summed E-state index contributed by atoms with van der Waals surface area (Å²) in [5.74, 6) is -1.16. The van der Waals surface area contributed by atoms with E-state index < -0.39 is 11.9 Å². The van der Waals surface area contributed by atoms with Crippen LogP contribution >= 0.6 is 11.6 Å². The van der Waals surface area contributed by atoms with E-state index in [1.54, 1.807) is 31.2 Å². The molecular weight excluding hydrogens is 404 g/mol. The van der Waals surface area contributed by atoms with Crippen LogP contribution in [-0.2, 0) is 22.6 Å². The molecule has 0 amide bonds. The number of hydrogen-bond acceptors (Lipinski definition) is 8. The molecule has 29 heavy (non-hydrogen) atoms. The summed E-state index contributed by atoms with van der Waals surface area (Å²) in [7, 11) is 2.34. The third-order valence-electron chi connectivity index (χ3n) is 4.15. The Morgan fingerprint density at radius 1 is 1.07 bits per heavy atom. The van der Waals surface area contributed by atoms with Gasteiger partial charge in [-0.2, -0.15) is 9.78 Å². The van der Waals surface area contributed by atoms with E-state index in [-0.39, 0.29) is 30.2 Å². The van der Waals surface area contributed by atoms with E-state index >= 15 is 0 Å². The lowest BCUT2D eigenvalue weighted by Crippen LogP contribution is -2.27. The molecule has 0 fully saturated rings. The molecule has 0 aliphatic heterocycles. The zero-order valence-electron chi connectivity index (χ0n) is 15.8. The molecule has 0 aliphatic carbocycles. The highest BCUT2D eigenvalue weighted by atomic mass is 35.5. The van der Waals surface area contributed by atoms with Gasteiger partial charge in [-0.1, -0.05) is 16.8 Å². The number of ether oxygens (including phenoxy) is 2. The van der Waals surface area contributed by atoms with Gasteiger partial charge in [0.15, 0.2) is 5.69 Å². The van der Waals surface area contributed by atoms with Crippen LogP contribution in [0.2, 0.25) is 5.02 Å². The van der Waals surface area contributed by atoms with E-state index in [1.165, 1.54) is 21.0 Å². The number of carbonyl (C=O) groups is 2. The smallest absolute Gasteiger partial charge is 0.361 e. The Balaban J connectivity index is 1.90. The average Bonchev–Trinajstić information content (AvgIpc) is 3.27. The topological polar surface area (TPSA) is 123 Å². The second-order valence-corrected chi connectivity index (χ2v) is 6.30. The summed E-state index contributed by atoms with van der Waals surface area (Å²) in [5.41, 5.74) is -0.238. The summed E-state index contributed by atoms with van der Waals surface area (Å²) < 4.78 is 13.1. The summed E-state index contributed by atoms with van der Waals surface area (Å²) in [6.07, 6.45) is 0. The van der Waals surface area contributed by atoms with Crippen LogP contribution in [0, 0.1) is 6.92 Å². The molecule has 0 bridgehead atoms. The van der Waals surface area contributed by atoms with E-state index in [2.05, 4.69) is 20.1 Å². The second kappa shape index (κ2) is 8.27. The molecule has 0 saturated carbocycles. The number of rotatable bonds is 6. The fourth-order valence-electron chi connectivity index (χ4n) is 2.70. The third kappa shape index (κ3) is 3.90. The summed E-state index contributed by atoms with van der Waals surface area (Å²) in [6.45, 7) is 1.88. The minimum Gasteiger partial charge on any atom is -0.464 e. The molecule has 0 N–H and O–H groups in total. The van der Waals surface area contributed by atoms with Gasteiger partial charge in [0.2, 0.25) is 5.69 Å². The van der Waals surface area contributed by atoms with Crippen molar-refractivity contribution in [1.82, 2.24) is 29.3 Å². The molecule has 3 aromatic rings. The highest BCUT2D eigenvalue weighted by molar-refractivity contribution is 6.30. The van der Waals surface area contributed by atoms with Crippen molar-refractivity contribution in [2.75, 3.05) is 14.2 Å². The number of carbonyl (C=O) groups excluding carboxylic acids is 2. The number of benzene rings is 1. The molecule has 2 heterocycles. The van der Waals surface area contributed by atoms with Crippen molar-refractivity contribution in [3.8, 4) is 5.69 Å². The Morgan fingerprint density at radius 3 is 2.34 bits per heavy atom. The van der Waals surface area contributed by atoms with Crippen molar-refractivity contribution in [3.63, 3.8) is 0 Å². The van der Waals surface area contributed by atoms with Crippen molar-refractivity contribution in [1.29, 1.82) is 0 Å². The molecule has 0 atom stereocenters. The summed E-state index contributed by atoms with van der Waals surface area (Å²) in [4.78, 5) is 36.6. The van der Waals surface area contributed by atoms with Crippen molar-refractivity contribution >= 4 is 23.5 Å². The molecule has 0 unspecified atom stereocenters. The highest BCUT2D eigenvalue weighted by Gasteiger charge is 2.27.